The van der Waals surface area contributed by atoms with Crippen molar-refractivity contribution in [2.75, 3.05) is 5.32 Å². The summed E-state index contributed by atoms with van der Waals surface area (Å²) < 4.78 is 1.80. The SMILES string of the molecule is O=C(O)c1cccc(Nc2ncn(Cc3c(Cl)cccc3Cl)c3ncnc2-3)c1. The molecule has 0 aliphatic carbocycles. The van der Waals surface area contributed by atoms with E-state index in [2.05, 4.69) is 20.3 Å². The standard InChI is InChI=1S/C19H13Cl2N5O2/c20-14-5-2-6-15(21)13(14)8-26-10-24-17(16-18(26)23-9-22-16)25-12-4-1-3-11(7-12)19(27)28/h1-7,9-10,25H,8H2,(H,27,28). The molecule has 9 heteroatoms. The molecule has 0 fully saturated rings. The number of hydrogen-bond donors (Lipinski definition) is 2. The molecule has 0 unspecified atom stereocenters. The number of carbonyl (C=O) groups is 1. The third-order valence-corrected chi connectivity index (χ3v) is 4.87. The van der Waals surface area contributed by atoms with Crippen molar-refractivity contribution in [1.29, 1.82) is 0 Å². The number of carboxylic acid groups (broad SMARTS) is 1. The van der Waals surface area contributed by atoms with Gasteiger partial charge in [0, 0.05) is 21.3 Å². The highest BCUT2D eigenvalue weighted by Gasteiger charge is 2.19. The van der Waals surface area contributed by atoms with Crippen LogP contribution in [0.1, 0.15) is 15.9 Å². The highest BCUT2D eigenvalue weighted by atomic mass is 35.5. The average Bonchev–Trinajstić information content (AvgIpc) is 3.17. The average molecular weight is 414 g/mol. The molecule has 0 aromatic heterocycles. The second-order valence-corrected chi connectivity index (χ2v) is 6.79. The third kappa shape index (κ3) is 3.49. The minimum Gasteiger partial charge on any atom is -0.478 e. The second-order valence-electron chi connectivity index (χ2n) is 5.98. The van der Waals surface area contributed by atoms with Gasteiger partial charge >= 0.3 is 5.97 Å². The lowest BCUT2D eigenvalue weighted by molar-refractivity contribution is 0.0697. The highest BCUT2D eigenvalue weighted by Crippen LogP contribution is 2.30. The van der Waals surface area contributed by atoms with Gasteiger partial charge < -0.3 is 15.0 Å². The van der Waals surface area contributed by atoms with Gasteiger partial charge in [-0.05, 0) is 30.3 Å². The number of aromatic carboxylic acids is 1. The molecule has 28 heavy (non-hydrogen) atoms. The third-order valence-electron chi connectivity index (χ3n) is 4.16. The number of halogens is 2. The van der Waals surface area contributed by atoms with Crippen LogP contribution in [0.2, 0.25) is 10.0 Å². The first kappa shape index (κ1) is 18.2. The fourth-order valence-electron chi connectivity index (χ4n) is 2.81. The van der Waals surface area contributed by atoms with Gasteiger partial charge in [0.2, 0.25) is 0 Å². The van der Waals surface area contributed by atoms with Gasteiger partial charge in [0.15, 0.2) is 17.3 Å². The molecule has 2 heterocycles. The Kier molecular flexibility index (Phi) is 4.85. The monoisotopic (exact) mass is 413 g/mol. The topological polar surface area (TPSA) is 92.9 Å². The number of anilines is 2. The molecule has 0 saturated carbocycles. The van der Waals surface area contributed by atoms with Crippen LogP contribution in [0.15, 0.2) is 55.1 Å². The van der Waals surface area contributed by atoms with Crippen LogP contribution >= 0.6 is 23.2 Å². The second kappa shape index (κ2) is 7.46. The van der Waals surface area contributed by atoms with Gasteiger partial charge in [0.05, 0.1) is 18.4 Å². The number of hydrogen-bond acceptors (Lipinski definition) is 5. The van der Waals surface area contributed by atoms with Gasteiger partial charge in [-0.2, -0.15) is 0 Å². The van der Waals surface area contributed by atoms with Gasteiger partial charge in [-0.25, -0.2) is 19.7 Å². The Labute approximate surface area is 170 Å². The van der Waals surface area contributed by atoms with Crippen LogP contribution in [-0.4, -0.2) is 30.6 Å². The van der Waals surface area contributed by atoms with E-state index >= 15 is 0 Å². The lowest BCUT2D eigenvalue weighted by Crippen LogP contribution is -2.10. The Bertz CT molecular complexity index is 1120. The number of benzene rings is 2. The predicted octanol–water partition coefficient (Wildman–Crippen LogP) is 4.57. The molecule has 0 amide bonds. The van der Waals surface area contributed by atoms with Crippen molar-refractivity contribution in [1.82, 2.24) is 19.5 Å². The van der Waals surface area contributed by atoms with Crippen LogP contribution in [0.4, 0.5) is 11.5 Å². The van der Waals surface area contributed by atoms with E-state index in [1.54, 1.807) is 41.2 Å². The molecule has 2 N–H and O–H groups in total. The maximum absolute atomic E-state index is 11.2. The lowest BCUT2D eigenvalue weighted by atomic mass is 10.2. The molecule has 2 aromatic carbocycles. The van der Waals surface area contributed by atoms with Gasteiger partial charge in [0.25, 0.3) is 0 Å². The van der Waals surface area contributed by atoms with E-state index in [0.717, 1.165) is 5.56 Å². The van der Waals surface area contributed by atoms with E-state index in [9.17, 15) is 4.79 Å². The van der Waals surface area contributed by atoms with Crippen LogP contribution in [0.25, 0.3) is 11.5 Å². The number of imidazole rings is 1. The summed E-state index contributed by atoms with van der Waals surface area (Å²) in [4.78, 5) is 24.2. The Morgan fingerprint density at radius 3 is 2.57 bits per heavy atom. The van der Waals surface area contributed by atoms with E-state index in [-0.39, 0.29) is 5.56 Å². The molecule has 140 valence electrons. The lowest BCUT2D eigenvalue weighted by Gasteiger charge is -2.15. The first-order valence-electron chi connectivity index (χ1n) is 8.22. The zero-order valence-electron chi connectivity index (χ0n) is 14.3. The maximum Gasteiger partial charge on any atom is 0.335 e. The van der Waals surface area contributed by atoms with Crippen molar-refractivity contribution in [2.24, 2.45) is 0 Å². The largest absolute Gasteiger partial charge is 0.478 e. The Morgan fingerprint density at radius 2 is 1.82 bits per heavy atom. The van der Waals surface area contributed by atoms with E-state index in [1.807, 2.05) is 0 Å². The van der Waals surface area contributed by atoms with Crippen molar-refractivity contribution >= 4 is 40.7 Å². The van der Waals surface area contributed by atoms with Crippen LogP contribution in [0.5, 0.6) is 0 Å². The minimum absolute atomic E-state index is 0.175. The number of aromatic nitrogens is 4. The molecule has 0 radical (unpaired) electrons. The van der Waals surface area contributed by atoms with Gasteiger partial charge in [0.1, 0.15) is 6.33 Å². The fourth-order valence-corrected chi connectivity index (χ4v) is 3.33. The highest BCUT2D eigenvalue weighted by molar-refractivity contribution is 6.36. The fraction of sp³-hybridized carbons (Fsp3) is 0.0526. The number of fused-ring (bicyclic) bond motifs is 1. The Hall–Kier alpha value is -3.16. The van der Waals surface area contributed by atoms with Crippen molar-refractivity contribution in [2.45, 2.75) is 6.54 Å². The molecule has 0 atom stereocenters. The number of nitrogens with zero attached hydrogens (tertiary/aromatic N) is 4. The van der Waals surface area contributed by atoms with Crippen LogP contribution < -0.4 is 5.32 Å². The summed E-state index contributed by atoms with van der Waals surface area (Å²) in [6.45, 7) is 0.384. The summed E-state index contributed by atoms with van der Waals surface area (Å²) in [6, 6.07) is 11.8. The van der Waals surface area contributed by atoms with Gasteiger partial charge in [-0.3, -0.25) is 0 Å². The van der Waals surface area contributed by atoms with Crippen molar-refractivity contribution in [3.8, 4) is 11.5 Å². The van der Waals surface area contributed by atoms with Crippen LogP contribution in [0.3, 0.4) is 0 Å². The maximum atomic E-state index is 11.2. The van der Waals surface area contributed by atoms with Gasteiger partial charge in [-0.15, -0.1) is 0 Å². The molecule has 4 rings (SSSR count). The zero-order valence-corrected chi connectivity index (χ0v) is 15.8. The minimum atomic E-state index is -1.00. The normalized spacial score (nSPS) is 10.9. The number of carboxylic acids is 1. The predicted molar refractivity (Wildman–Crippen MR) is 107 cm³/mol. The summed E-state index contributed by atoms with van der Waals surface area (Å²) >= 11 is 12.5. The summed E-state index contributed by atoms with van der Waals surface area (Å²) in [5.41, 5.74) is 2.07. The molecule has 2 aliphatic rings. The molecule has 0 spiro atoms. The summed E-state index contributed by atoms with van der Waals surface area (Å²) in [5.74, 6) is 0.0665. The molecule has 2 aromatic rings. The number of nitrogens with one attached hydrogen (secondary N) is 1. The molecule has 0 bridgehead atoms. The van der Waals surface area contributed by atoms with E-state index in [1.165, 1.54) is 18.5 Å². The van der Waals surface area contributed by atoms with E-state index in [0.29, 0.717) is 39.6 Å². The quantitative estimate of drug-likeness (QED) is 0.497. The zero-order chi connectivity index (χ0) is 19.7. The molecule has 2 aliphatic heterocycles. The Morgan fingerprint density at radius 1 is 1.07 bits per heavy atom. The van der Waals surface area contributed by atoms with Crippen molar-refractivity contribution in [3.63, 3.8) is 0 Å². The van der Waals surface area contributed by atoms with Crippen molar-refractivity contribution < 1.29 is 9.90 Å². The summed E-state index contributed by atoms with van der Waals surface area (Å²) in [5, 5.41) is 13.4. The Balaban J connectivity index is 1.68. The summed E-state index contributed by atoms with van der Waals surface area (Å²) in [6.07, 6.45) is 3.05. The smallest absolute Gasteiger partial charge is 0.335 e. The van der Waals surface area contributed by atoms with Crippen molar-refractivity contribution in [3.05, 3.63) is 76.3 Å². The molecular formula is C19H13Cl2N5O2. The molecule has 0 saturated heterocycles. The van der Waals surface area contributed by atoms with Crippen LogP contribution in [0, 0.1) is 0 Å². The van der Waals surface area contributed by atoms with Crippen LogP contribution in [-0.2, 0) is 6.54 Å². The molecule has 7 nitrogen and oxygen atoms in total. The first-order chi connectivity index (χ1) is 13.5. The van der Waals surface area contributed by atoms with Gasteiger partial charge in [-0.1, -0.05) is 35.3 Å². The first-order valence-corrected chi connectivity index (χ1v) is 8.97. The number of rotatable bonds is 5. The summed E-state index contributed by atoms with van der Waals surface area (Å²) in [7, 11) is 0. The van der Waals surface area contributed by atoms with E-state index in [4.69, 9.17) is 28.3 Å². The van der Waals surface area contributed by atoms with E-state index < -0.39 is 5.97 Å². The molecular weight excluding hydrogens is 401 g/mol.